The molecule has 2 aromatic rings. The smallest absolute Gasteiger partial charge is 0.223 e. The van der Waals surface area contributed by atoms with E-state index >= 15 is 0 Å². The van der Waals surface area contributed by atoms with Crippen LogP contribution in [0.1, 0.15) is 76.2 Å². The van der Waals surface area contributed by atoms with E-state index < -0.39 is 0 Å². The van der Waals surface area contributed by atoms with Crippen LogP contribution in [0, 0.1) is 11.3 Å². The van der Waals surface area contributed by atoms with Gasteiger partial charge in [0.2, 0.25) is 5.91 Å². The van der Waals surface area contributed by atoms with Gasteiger partial charge >= 0.3 is 0 Å². The van der Waals surface area contributed by atoms with Crippen molar-refractivity contribution >= 4 is 5.91 Å². The Morgan fingerprint density at radius 3 is 2.33 bits per heavy atom. The number of piperazine rings is 1. The number of aromatic nitrogens is 1. The Balaban J connectivity index is 1.55. The third kappa shape index (κ3) is 6.54. The topological polar surface area (TPSA) is 39.7 Å². The van der Waals surface area contributed by atoms with Crippen LogP contribution in [0.5, 0.6) is 0 Å². The Labute approximate surface area is 218 Å². The van der Waals surface area contributed by atoms with E-state index in [0.717, 1.165) is 64.1 Å². The maximum atomic E-state index is 13.6. The number of amides is 1. The third-order valence-electron chi connectivity index (χ3n) is 8.18. The zero-order valence-electron chi connectivity index (χ0n) is 23.1. The van der Waals surface area contributed by atoms with Gasteiger partial charge in [-0.2, -0.15) is 0 Å². The van der Waals surface area contributed by atoms with E-state index in [1.807, 2.05) is 0 Å². The lowest BCUT2D eigenvalue weighted by atomic mass is 9.82. The molecule has 5 heteroatoms. The van der Waals surface area contributed by atoms with Crippen molar-refractivity contribution in [3.8, 4) is 0 Å². The van der Waals surface area contributed by atoms with Crippen LogP contribution in [0.4, 0.5) is 0 Å². The number of piperidine rings is 1. The van der Waals surface area contributed by atoms with E-state index in [1.165, 1.54) is 11.1 Å². The summed E-state index contributed by atoms with van der Waals surface area (Å²) >= 11 is 0. The summed E-state index contributed by atoms with van der Waals surface area (Å²) in [5, 5.41) is 0. The molecule has 0 N–H and O–H groups in total. The molecular weight excluding hydrogens is 444 g/mol. The molecule has 0 bridgehead atoms. The van der Waals surface area contributed by atoms with Gasteiger partial charge < -0.3 is 9.80 Å². The first-order chi connectivity index (χ1) is 17.3. The first-order valence-electron chi connectivity index (χ1n) is 14.0. The van der Waals surface area contributed by atoms with Crippen LogP contribution in [-0.4, -0.2) is 71.4 Å². The molecule has 0 spiro atoms. The zero-order valence-corrected chi connectivity index (χ0v) is 23.1. The molecule has 2 fully saturated rings. The minimum Gasteiger partial charge on any atom is -0.337 e. The quantitative estimate of drug-likeness (QED) is 0.520. The monoisotopic (exact) mass is 490 g/mol. The standard InChI is InChI=1S/C31H46N4O/c1-6-10-27-14-13-26(22-32-27)30(25-11-8-7-9-12-25)34-19-20-35(28(23-34)31(2,3)4)29(36)21-24-15-17-33(5)18-16-24/h7-9,11-14,22,24,28,30H,6,10,15-21,23H2,1-5H3. The van der Waals surface area contributed by atoms with Crippen molar-refractivity contribution in [2.45, 2.75) is 71.9 Å². The summed E-state index contributed by atoms with van der Waals surface area (Å²) in [7, 11) is 2.18. The summed E-state index contributed by atoms with van der Waals surface area (Å²) in [5.41, 5.74) is 3.69. The van der Waals surface area contributed by atoms with Gasteiger partial charge in [0, 0.05) is 44.0 Å². The molecule has 5 nitrogen and oxygen atoms in total. The maximum Gasteiger partial charge on any atom is 0.223 e. The fourth-order valence-corrected chi connectivity index (χ4v) is 5.96. The minimum atomic E-state index is 0.00554. The zero-order chi connectivity index (χ0) is 25.7. The van der Waals surface area contributed by atoms with Gasteiger partial charge in [-0.05, 0) is 67.9 Å². The second-order valence-corrected chi connectivity index (χ2v) is 12.1. The van der Waals surface area contributed by atoms with Gasteiger partial charge in [0.1, 0.15) is 0 Å². The number of likely N-dealkylation sites (tertiary alicyclic amines) is 1. The van der Waals surface area contributed by atoms with Crippen LogP contribution < -0.4 is 0 Å². The fourth-order valence-electron chi connectivity index (χ4n) is 5.96. The lowest BCUT2D eigenvalue weighted by molar-refractivity contribution is -0.141. The number of nitrogens with zero attached hydrogens (tertiary/aromatic N) is 4. The molecule has 36 heavy (non-hydrogen) atoms. The molecule has 0 saturated carbocycles. The SMILES string of the molecule is CCCc1ccc(C(c2ccccc2)N2CCN(C(=O)CC3CCN(C)CC3)C(C(C)(C)C)C2)cn1. The maximum absolute atomic E-state index is 13.6. The Kier molecular flexibility index (Phi) is 8.84. The molecule has 2 atom stereocenters. The van der Waals surface area contributed by atoms with E-state index in [1.54, 1.807) is 0 Å². The summed E-state index contributed by atoms with van der Waals surface area (Å²) in [4.78, 5) is 25.6. The van der Waals surface area contributed by atoms with Crippen LogP contribution in [0.3, 0.4) is 0 Å². The van der Waals surface area contributed by atoms with Crippen LogP contribution in [0.2, 0.25) is 0 Å². The lowest BCUT2D eigenvalue weighted by Crippen LogP contribution is -2.60. The molecule has 1 aromatic carbocycles. The largest absolute Gasteiger partial charge is 0.337 e. The number of hydrogen-bond donors (Lipinski definition) is 0. The molecule has 1 amide bonds. The molecule has 2 unspecified atom stereocenters. The van der Waals surface area contributed by atoms with E-state index in [4.69, 9.17) is 4.98 Å². The summed E-state index contributed by atoms with van der Waals surface area (Å²) < 4.78 is 0. The molecule has 0 radical (unpaired) electrons. The van der Waals surface area contributed by atoms with Crippen molar-refractivity contribution in [1.82, 2.24) is 19.7 Å². The molecular formula is C31H46N4O. The number of pyridine rings is 1. The van der Waals surface area contributed by atoms with Crippen LogP contribution >= 0.6 is 0 Å². The van der Waals surface area contributed by atoms with Crippen molar-refractivity contribution in [3.05, 3.63) is 65.5 Å². The number of aryl methyl sites for hydroxylation is 1. The summed E-state index contributed by atoms with van der Waals surface area (Å²) in [5.74, 6) is 0.878. The Hall–Kier alpha value is -2.24. The van der Waals surface area contributed by atoms with Crippen molar-refractivity contribution in [3.63, 3.8) is 0 Å². The predicted octanol–water partition coefficient (Wildman–Crippen LogP) is 5.41. The van der Waals surface area contributed by atoms with Gasteiger partial charge in [-0.3, -0.25) is 14.7 Å². The van der Waals surface area contributed by atoms with Gasteiger partial charge in [0.25, 0.3) is 0 Å². The molecule has 1 aromatic heterocycles. The molecule has 0 aliphatic carbocycles. The average Bonchev–Trinajstić information content (AvgIpc) is 2.87. The van der Waals surface area contributed by atoms with Gasteiger partial charge in [0.15, 0.2) is 0 Å². The molecule has 2 aliphatic heterocycles. The first kappa shape index (κ1) is 26.8. The van der Waals surface area contributed by atoms with Crippen molar-refractivity contribution < 1.29 is 4.79 Å². The lowest BCUT2D eigenvalue weighted by Gasteiger charge is -2.49. The number of carbonyl (C=O) groups is 1. The average molecular weight is 491 g/mol. The minimum absolute atomic E-state index is 0.00554. The summed E-state index contributed by atoms with van der Waals surface area (Å²) in [6, 6.07) is 15.6. The number of hydrogen-bond acceptors (Lipinski definition) is 4. The van der Waals surface area contributed by atoms with E-state index in [-0.39, 0.29) is 17.5 Å². The first-order valence-corrected chi connectivity index (χ1v) is 14.0. The molecule has 4 rings (SSSR count). The van der Waals surface area contributed by atoms with Crippen molar-refractivity contribution in [2.24, 2.45) is 11.3 Å². The van der Waals surface area contributed by atoms with Gasteiger partial charge in [0.05, 0.1) is 6.04 Å². The van der Waals surface area contributed by atoms with Crippen LogP contribution in [0.25, 0.3) is 0 Å². The Morgan fingerprint density at radius 1 is 1.00 bits per heavy atom. The highest BCUT2D eigenvalue weighted by Gasteiger charge is 2.40. The normalized spacial score (nSPS) is 21.5. The number of rotatable bonds is 7. The summed E-state index contributed by atoms with van der Waals surface area (Å²) in [6.45, 7) is 13.8. The van der Waals surface area contributed by atoms with E-state index in [2.05, 4.69) is 98.1 Å². The highest BCUT2D eigenvalue weighted by Crippen LogP contribution is 2.35. The third-order valence-corrected chi connectivity index (χ3v) is 8.18. The molecule has 2 aliphatic rings. The van der Waals surface area contributed by atoms with Crippen LogP contribution in [0.15, 0.2) is 48.7 Å². The van der Waals surface area contributed by atoms with E-state index in [9.17, 15) is 4.79 Å². The number of benzene rings is 1. The molecule has 3 heterocycles. The predicted molar refractivity (Wildman–Crippen MR) is 148 cm³/mol. The Morgan fingerprint density at radius 2 is 1.72 bits per heavy atom. The number of carbonyl (C=O) groups excluding carboxylic acids is 1. The summed E-state index contributed by atoms with van der Waals surface area (Å²) in [6.07, 6.45) is 7.17. The van der Waals surface area contributed by atoms with Gasteiger partial charge in [-0.25, -0.2) is 0 Å². The van der Waals surface area contributed by atoms with E-state index in [0.29, 0.717) is 18.2 Å². The van der Waals surface area contributed by atoms with Gasteiger partial charge in [-0.15, -0.1) is 0 Å². The highest BCUT2D eigenvalue weighted by molar-refractivity contribution is 5.77. The van der Waals surface area contributed by atoms with Crippen LogP contribution in [-0.2, 0) is 11.2 Å². The highest BCUT2D eigenvalue weighted by atomic mass is 16.2. The van der Waals surface area contributed by atoms with Gasteiger partial charge in [-0.1, -0.05) is 70.5 Å². The second kappa shape index (κ2) is 11.9. The van der Waals surface area contributed by atoms with Crippen molar-refractivity contribution in [2.75, 3.05) is 39.8 Å². The molecule has 196 valence electrons. The fraction of sp³-hybridized carbons (Fsp3) is 0.613. The molecule has 2 saturated heterocycles. The second-order valence-electron chi connectivity index (χ2n) is 12.1. The van der Waals surface area contributed by atoms with Crippen molar-refractivity contribution in [1.29, 1.82) is 0 Å². The Bertz CT molecular complexity index is 960.